The Bertz CT molecular complexity index is 254. The van der Waals surface area contributed by atoms with Crippen molar-refractivity contribution in [1.82, 2.24) is 5.32 Å². The number of aliphatic hydroxyl groups is 2. The summed E-state index contributed by atoms with van der Waals surface area (Å²) in [6, 6.07) is 3.77. The van der Waals surface area contributed by atoms with Gasteiger partial charge in [0.25, 0.3) is 0 Å². The van der Waals surface area contributed by atoms with Crippen LogP contribution < -0.4 is 5.32 Å². The second kappa shape index (κ2) is 5.57. The zero-order chi connectivity index (χ0) is 9.68. The number of thiophene rings is 1. The minimum Gasteiger partial charge on any atom is -0.394 e. The molecular formula is C8H12ClNO2S. The van der Waals surface area contributed by atoms with E-state index in [-0.39, 0.29) is 6.61 Å². The molecule has 0 bridgehead atoms. The number of rotatable bonds is 5. The largest absolute Gasteiger partial charge is 0.394 e. The molecule has 1 aromatic heterocycles. The van der Waals surface area contributed by atoms with Crippen molar-refractivity contribution in [1.29, 1.82) is 0 Å². The molecule has 0 spiro atoms. The smallest absolute Gasteiger partial charge is 0.0931 e. The Morgan fingerprint density at radius 1 is 1.54 bits per heavy atom. The Labute approximate surface area is 86.0 Å². The lowest BCUT2D eigenvalue weighted by molar-refractivity contribution is 0.0943. The van der Waals surface area contributed by atoms with E-state index in [1.54, 1.807) is 0 Å². The van der Waals surface area contributed by atoms with Crippen LogP contribution in [0.3, 0.4) is 0 Å². The molecule has 1 rings (SSSR count). The topological polar surface area (TPSA) is 52.5 Å². The second-order valence-corrected chi connectivity index (χ2v) is 4.47. The van der Waals surface area contributed by atoms with Gasteiger partial charge in [0.1, 0.15) is 0 Å². The molecule has 0 saturated carbocycles. The Kier molecular flexibility index (Phi) is 4.69. The molecule has 0 amide bonds. The van der Waals surface area contributed by atoms with Gasteiger partial charge in [0.2, 0.25) is 0 Å². The van der Waals surface area contributed by atoms with Crippen molar-refractivity contribution in [2.45, 2.75) is 12.6 Å². The molecule has 74 valence electrons. The molecule has 1 aromatic rings. The van der Waals surface area contributed by atoms with Crippen LogP contribution in [0.2, 0.25) is 4.34 Å². The molecule has 1 atom stereocenters. The Morgan fingerprint density at radius 3 is 2.85 bits per heavy atom. The van der Waals surface area contributed by atoms with Gasteiger partial charge in [-0.2, -0.15) is 0 Å². The van der Waals surface area contributed by atoms with Gasteiger partial charge in [-0.05, 0) is 12.1 Å². The Balaban J connectivity index is 2.20. The molecule has 0 aliphatic heterocycles. The highest BCUT2D eigenvalue weighted by atomic mass is 35.5. The lowest BCUT2D eigenvalue weighted by Crippen LogP contribution is -2.28. The molecular weight excluding hydrogens is 210 g/mol. The fourth-order valence-electron chi connectivity index (χ4n) is 0.873. The molecule has 3 N–H and O–H groups in total. The van der Waals surface area contributed by atoms with Gasteiger partial charge in [0.05, 0.1) is 17.0 Å². The summed E-state index contributed by atoms with van der Waals surface area (Å²) in [6.45, 7) is 0.860. The van der Waals surface area contributed by atoms with Gasteiger partial charge in [-0.1, -0.05) is 11.6 Å². The van der Waals surface area contributed by atoms with Gasteiger partial charge in [0, 0.05) is 18.0 Å². The summed E-state index contributed by atoms with van der Waals surface area (Å²) in [7, 11) is 0. The average Bonchev–Trinajstić information content (AvgIpc) is 2.51. The van der Waals surface area contributed by atoms with Gasteiger partial charge >= 0.3 is 0 Å². The second-order valence-electron chi connectivity index (χ2n) is 2.67. The third-order valence-electron chi connectivity index (χ3n) is 1.52. The monoisotopic (exact) mass is 221 g/mol. The molecule has 0 radical (unpaired) electrons. The number of hydrogen-bond acceptors (Lipinski definition) is 4. The molecule has 3 nitrogen and oxygen atoms in total. The minimum absolute atomic E-state index is 0.210. The van der Waals surface area contributed by atoms with E-state index in [0.717, 1.165) is 9.21 Å². The van der Waals surface area contributed by atoms with E-state index >= 15 is 0 Å². The lowest BCUT2D eigenvalue weighted by Gasteiger charge is -2.07. The predicted molar refractivity (Wildman–Crippen MR) is 54.1 cm³/mol. The van der Waals surface area contributed by atoms with Crippen LogP contribution in [0, 0.1) is 0 Å². The molecule has 0 aliphatic carbocycles. The Morgan fingerprint density at radius 2 is 2.31 bits per heavy atom. The summed E-state index contributed by atoms with van der Waals surface area (Å²) in [5.74, 6) is 0. The van der Waals surface area contributed by atoms with Crippen LogP contribution in [0.4, 0.5) is 0 Å². The van der Waals surface area contributed by atoms with Crippen molar-refractivity contribution in [2.75, 3.05) is 13.2 Å². The van der Waals surface area contributed by atoms with Crippen LogP contribution in [0.5, 0.6) is 0 Å². The van der Waals surface area contributed by atoms with Crippen molar-refractivity contribution in [3.63, 3.8) is 0 Å². The van der Waals surface area contributed by atoms with E-state index in [1.807, 2.05) is 12.1 Å². The predicted octanol–water partition coefficient (Wildman–Crippen LogP) is 0.844. The van der Waals surface area contributed by atoms with Gasteiger partial charge in [-0.3, -0.25) is 0 Å². The van der Waals surface area contributed by atoms with Gasteiger partial charge in [-0.25, -0.2) is 0 Å². The van der Waals surface area contributed by atoms with Gasteiger partial charge in [0.15, 0.2) is 0 Å². The van der Waals surface area contributed by atoms with Gasteiger partial charge < -0.3 is 15.5 Å². The summed E-state index contributed by atoms with van der Waals surface area (Å²) >= 11 is 7.24. The van der Waals surface area contributed by atoms with Crippen LogP contribution in [-0.2, 0) is 6.54 Å². The molecule has 0 aliphatic rings. The van der Waals surface area contributed by atoms with E-state index in [1.165, 1.54) is 11.3 Å². The number of nitrogens with one attached hydrogen (secondary N) is 1. The number of hydrogen-bond donors (Lipinski definition) is 3. The molecule has 13 heavy (non-hydrogen) atoms. The third-order valence-corrected chi connectivity index (χ3v) is 2.75. The maximum Gasteiger partial charge on any atom is 0.0931 e. The molecule has 0 fully saturated rings. The zero-order valence-electron chi connectivity index (χ0n) is 7.03. The standard InChI is InChI=1S/C8H12ClNO2S/c9-8-2-1-7(13-8)4-10-3-6(12)5-11/h1-2,6,10-12H,3-5H2/t6-/m0/s1. The quantitative estimate of drug-likeness (QED) is 0.691. The highest BCUT2D eigenvalue weighted by Crippen LogP contribution is 2.20. The first kappa shape index (κ1) is 10.9. The summed E-state index contributed by atoms with van der Waals surface area (Å²) < 4.78 is 0.763. The summed E-state index contributed by atoms with van der Waals surface area (Å²) in [6.07, 6.45) is -0.685. The first-order chi connectivity index (χ1) is 6.22. The van der Waals surface area contributed by atoms with Gasteiger partial charge in [-0.15, -0.1) is 11.3 Å². The highest BCUT2D eigenvalue weighted by Gasteiger charge is 2.01. The van der Waals surface area contributed by atoms with Crippen LogP contribution in [0.1, 0.15) is 4.88 Å². The molecule has 0 aromatic carbocycles. The Hall–Kier alpha value is -0.130. The molecule has 1 heterocycles. The normalized spacial score (nSPS) is 13.2. The molecule has 0 saturated heterocycles. The first-order valence-corrected chi connectivity index (χ1v) is 5.15. The van der Waals surface area contributed by atoms with Crippen LogP contribution >= 0.6 is 22.9 Å². The lowest BCUT2D eigenvalue weighted by atomic mass is 10.3. The van der Waals surface area contributed by atoms with E-state index < -0.39 is 6.10 Å². The number of halogens is 1. The van der Waals surface area contributed by atoms with Crippen molar-refractivity contribution in [2.24, 2.45) is 0 Å². The van der Waals surface area contributed by atoms with Crippen molar-refractivity contribution in [3.8, 4) is 0 Å². The number of aliphatic hydroxyl groups excluding tert-OH is 2. The third kappa shape index (κ3) is 4.06. The first-order valence-electron chi connectivity index (χ1n) is 3.96. The maximum atomic E-state index is 9.01. The summed E-state index contributed by atoms with van der Waals surface area (Å²) in [4.78, 5) is 1.12. The highest BCUT2D eigenvalue weighted by molar-refractivity contribution is 7.16. The van der Waals surface area contributed by atoms with E-state index in [9.17, 15) is 0 Å². The SMILES string of the molecule is OC[C@@H](O)CNCc1ccc(Cl)s1. The van der Waals surface area contributed by atoms with Crippen LogP contribution in [-0.4, -0.2) is 29.5 Å². The average molecular weight is 222 g/mol. The fraction of sp³-hybridized carbons (Fsp3) is 0.500. The molecule has 0 unspecified atom stereocenters. The maximum absolute atomic E-state index is 9.01. The zero-order valence-corrected chi connectivity index (χ0v) is 8.61. The van der Waals surface area contributed by atoms with Crippen LogP contribution in [0.25, 0.3) is 0 Å². The minimum atomic E-state index is -0.685. The summed E-state index contributed by atoms with van der Waals surface area (Å²) in [5.41, 5.74) is 0. The van der Waals surface area contributed by atoms with E-state index in [0.29, 0.717) is 13.1 Å². The van der Waals surface area contributed by atoms with E-state index in [2.05, 4.69) is 5.32 Å². The van der Waals surface area contributed by atoms with Crippen molar-refractivity contribution < 1.29 is 10.2 Å². The van der Waals surface area contributed by atoms with Crippen LogP contribution in [0.15, 0.2) is 12.1 Å². The summed E-state index contributed by atoms with van der Waals surface area (Å²) in [5, 5.41) is 20.5. The van der Waals surface area contributed by atoms with E-state index in [4.69, 9.17) is 21.8 Å². The molecule has 5 heteroatoms. The van der Waals surface area contributed by atoms with Crippen molar-refractivity contribution in [3.05, 3.63) is 21.3 Å². The van der Waals surface area contributed by atoms with Crippen molar-refractivity contribution >= 4 is 22.9 Å². The fourth-order valence-corrected chi connectivity index (χ4v) is 1.93.